The molecule has 0 aliphatic carbocycles. The Kier molecular flexibility index (Phi) is 5.86. The molecule has 0 saturated carbocycles. The summed E-state index contributed by atoms with van der Waals surface area (Å²) in [7, 11) is 0. The molecule has 0 bridgehead atoms. The van der Waals surface area contributed by atoms with Gasteiger partial charge in [-0.1, -0.05) is 6.07 Å². The molecule has 0 heterocycles. The average Bonchev–Trinajstić information content (AvgIpc) is 1.99. The molecule has 0 aliphatic rings. The maximum atomic E-state index is 12.5. The van der Waals surface area contributed by atoms with Gasteiger partial charge < -0.3 is 6.16 Å². The van der Waals surface area contributed by atoms with Crippen LogP contribution in [0.15, 0.2) is 18.2 Å². The fourth-order valence-corrected chi connectivity index (χ4v) is 0.627. The van der Waals surface area contributed by atoms with Crippen LogP contribution >= 0.6 is 0 Å². The predicted molar refractivity (Wildman–Crippen MR) is 34.2 cm³/mol. The van der Waals surface area contributed by atoms with E-state index in [0.29, 0.717) is 0 Å². The van der Waals surface area contributed by atoms with Crippen molar-refractivity contribution in [3.05, 3.63) is 29.8 Å². The number of carbonyl (C=O) groups is 1. The van der Waals surface area contributed by atoms with Crippen molar-refractivity contribution in [3.8, 4) is 5.75 Å². The number of halogens is 2. The van der Waals surface area contributed by atoms with Crippen molar-refractivity contribution in [1.29, 1.82) is 0 Å². The van der Waals surface area contributed by atoms with Crippen molar-refractivity contribution in [2.75, 3.05) is 0 Å². The van der Waals surface area contributed by atoms with E-state index in [1.165, 1.54) is 6.07 Å². The second-order valence-electron chi connectivity index (χ2n) is 1.77. The predicted octanol–water partition coefficient (Wildman–Crippen LogP) is -1.38. The molecule has 1 aromatic rings. The van der Waals surface area contributed by atoms with E-state index in [1.807, 2.05) is 0 Å². The minimum atomic E-state index is -1.15. The van der Waals surface area contributed by atoms with E-state index >= 15 is 0 Å². The van der Waals surface area contributed by atoms with Crippen LogP contribution in [0, 0.1) is 11.6 Å². The van der Waals surface area contributed by atoms with Crippen LogP contribution < -0.4 is 56.1 Å². The molecule has 0 atom stereocenters. The molecular weight excluding hydrogens is 193 g/mol. The third-order valence-electron chi connectivity index (χ3n) is 1.09. The quantitative estimate of drug-likeness (QED) is 0.432. The first-order chi connectivity index (χ1) is 5.25. The Morgan fingerprint density at radius 1 is 1.42 bits per heavy atom. The summed E-state index contributed by atoms with van der Waals surface area (Å²) in [6, 6.07) is 3.34. The summed E-state index contributed by atoms with van der Waals surface area (Å²) in [5.74, 6) is -2.59. The Bertz CT molecular complexity index is 283. The first-order valence-electron chi connectivity index (χ1n) is 2.80. The van der Waals surface area contributed by atoms with E-state index in [9.17, 15) is 13.6 Å². The standard InChI is InChI=1S/C7H4F2O2.K.H/c8-5-2-1-3-6(7(5)9)11-4-10;;/h1-4H;;/q;+1;-1. The van der Waals surface area contributed by atoms with Crippen LogP contribution in [0.5, 0.6) is 5.75 Å². The van der Waals surface area contributed by atoms with E-state index in [2.05, 4.69) is 4.74 Å². The van der Waals surface area contributed by atoms with Crippen molar-refractivity contribution >= 4 is 6.47 Å². The van der Waals surface area contributed by atoms with Crippen LogP contribution in [-0.2, 0) is 4.79 Å². The monoisotopic (exact) mass is 198 g/mol. The van der Waals surface area contributed by atoms with Gasteiger partial charge in [0.25, 0.3) is 6.47 Å². The number of carbonyl (C=O) groups excluding carboxylic acids is 1. The van der Waals surface area contributed by atoms with Crippen LogP contribution in [-0.4, -0.2) is 6.47 Å². The zero-order chi connectivity index (χ0) is 8.27. The number of hydrogen-bond acceptors (Lipinski definition) is 2. The third-order valence-corrected chi connectivity index (χ3v) is 1.09. The second kappa shape index (κ2) is 5.77. The van der Waals surface area contributed by atoms with E-state index in [1.54, 1.807) is 0 Å². The van der Waals surface area contributed by atoms with Gasteiger partial charge in [-0.2, -0.15) is 4.39 Å². The topological polar surface area (TPSA) is 26.3 Å². The van der Waals surface area contributed by atoms with Gasteiger partial charge in [-0.15, -0.1) is 0 Å². The molecular formula is C7H5F2KO2. The molecule has 0 spiro atoms. The Hall–Kier alpha value is 0.186. The molecule has 0 radical (unpaired) electrons. The normalized spacial score (nSPS) is 8.50. The summed E-state index contributed by atoms with van der Waals surface area (Å²) in [5.41, 5.74) is 0. The molecule has 0 unspecified atom stereocenters. The van der Waals surface area contributed by atoms with Gasteiger partial charge in [0.05, 0.1) is 0 Å². The van der Waals surface area contributed by atoms with Gasteiger partial charge in [-0.05, 0) is 12.1 Å². The van der Waals surface area contributed by atoms with Crippen molar-refractivity contribution < 1.29 is 71.1 Å². The fourth-order valence-electron chi connectivity index (χ4n) is 0.627. The zero-order valence-corrected chi connectivity index (χ0v) is 9.50. The molecule has 0 amide bonds. The molecule has 12 heavy (non-hydrogen) atoms. The summed E-state index contributed by atoms with van der Waals surface area (Å²) in [5, 5.41) is 0. The Morgan fingerprint density at radius 3 is 2.67 bits per heavy atom. The van der Waals surface area contributed by atoms with E-state index in [-0.39, 0.29) is 59.3 Å². The summed E-state index contributed by atoms with van der Waals surface area (Å²) in [4.78, 5) is 9.73. The molecule has 0 saturated heterocycles. The molecule has 1 aromatic carbocycles. The molecule has 60 valence electrons. The largest absolute Gasteiger partial charge is 1.00 e. The van der Waals surface area contributed by atoms with Crippen LogP contribution in [0.25, 0.3) is 0 Å². The van der Waals surface area contributed by atoms with Crippen molar-refractivity contribution in [2.24, 2.45) is 0 Å². The van der Waals surface area contributed by atoms with Gasteiger partial charge in [0.15, 0.2) is 11.6 Å². The van der Waals surface area contributed by atoms with Gasteiger partial charge in [0, 0.05) is 0 Å². The molecule has 0 aliphatic heterocycles. The number of benzene rings is 1. The van der Waals surface area contributed by atoms with Crippen molar-refractivity contribution in [3.63, 3.8) is 0 Å². The third kappa shape index (κ3) is 2.91. The number of hydrogen-bond donors (Lipinski definition) is 0. The average molecular weight is 198 g/mol. The van der Waals surface area contributed by atoms with Crippen molar-refractivity contribution in [2.45, 2.75) is 0 Å². The molecule has 0 fully saturated rings. The molecule has 2 nitrogen and oxygen atoms in total. The molecule has 0 aromatic heterocycles. The van der Waals surface area contributed by atoms with Crippen LogP contribution in [0.3, 0.4) is 0 Å². The van der Waals surface area contributed by atoms with Crippen LogP contribution in [0.4, 0.5) is 8.78 Å². The first-order valence-corrected chi connectivity index (χ1v) is 2.80. The van der Waals surface area contributed by atoms with E-state index in [0.717, 1.165) is 12.1 Å². The van der Waals surface area contributed by atoms with Gasteiger partial charge in [-0.25, -0.2) is 4.39 Å². The maximum Gasteiger partial charge on any atom is 1.00 e. The minimum absolute atomic E-state index is 0. The fraction of sp³-hybridized carbons (Fsp3) is 0. The Balaban J connectivity index is 0. The summed E-state index contributed by atoms with van der Waals surface area (Å²) >= 11 is 0. The van der Waals surface area contributed by atoms with E-state index < -0.39 is 17.4 Å². The van der Waals surface area contributed by atoms with Crippen LogP contribution in [0.1, 0.15) is 1.43 Å². The first kappa shape index (κ1) is 12.2. The van der Waals surface area contributed by atoms with Gasteiger partial charge in [0.2, 0.25) is 5.82 Å². The smallest absolute Gasteiger partial charge is 1.00 e. The Labute approximate surface area is 112 Å². The molecule has 1 rings (SSSR count). The van der Waals surface area contributed by atoms with Crippen molar-refractivity contribution in [1.82, 2.24) is 0 Å². The zero-order valence-electron chi connectivity index (χ0n) is 7.38. The number of ether oxygens (including phenoxy) is 1. The molecule has 5 heteroatoms. The minimum Gasteiger partial charge on any atom is -1.00 e. The summed E-state index contributed by atoms with van der Waals surface area (Å²) in [6.07, 6.45) is 0. The van der Waals surface area contributed by atoms with E-state index in [4.69, 9.17) is 0 Å². The van der Waals surface area contributed by atoms with Crippen LogP contribution in [0.2, 0.25) is 0 Å². The SMILES string of the molecule is O=COc1cccc(F)c1F.[H-].[K+]. The number of rotatable bonds is 2. The Morgan fingerprint density at radius 2 is 2.08 bits per heavy atom. The van der Waals surface area contributed by atoms with Gasteiger partial charge in [0.1, 0.15) is 0 Å². The molecule has 0 N–H and O–H groups in total. The van der Waals surface area contributed by atoms with Gasteiger partial charge >= 0.3 is 51.4 Å². The summed E-state index contributed by atoms with van der Waals surface area (Å²) in [6.45, 7) is 0.0395. The van der Waals surface area contributed by atoms with Gasteiger partial charge in [-0.3, -0.25) is 4.79 Å². The second-order valence-corrected chi connectivity index (χ2v) is 1.77. The maximum absolute atomic E-state index is 12.5. The summed E-state index contributed by atoms with van der Waals surface area (Å²) < 4.78 is 29.0.